The molecule has 0 spiro atoms. The van der Waals surface area contributed by atoms with Crippen molar-refractivity contribution in [2.45, 2.75) is 0 Å². The summed E-state index contributed by atoms with van der Waals surface area (Å²) < 4.78 is 4.90. The molecule has 6 heteroatoms. The number of hydrogen-bond acceptors (Lipinski definition) is 4. The van der Waals surface area contributed by atoms with Gasteiger partial charge in [0.05, 0.1) is 0 Å². The highest BCUT2D eigenvalue weighted by Gasteiger charge is 2.05. The lowest BCUT2D eigenvalue weighted by Gasteiger charge is -2.00. The van der Waals surface area contributed by atoms with Crippen LogP contribution < -0.4 is 4.74 Å². The average Bonchev–Trinajstić information content (AvgIpc) is 2.07. The summed E-state index contributed by atoms with van der Waals surface area (Å²) in [6, 6.07) is 0. The fraction of sp³-hybridized carbons (Fsp3) is 0.167. The molecule has 12 heavy (non-hydrogen) atoms. The smallest absolute Gasteiger partial charge is 0.257 e. The number of terminal acetylenes is 1. The zero-order valence-corrected chi connectivity index (χ0v) is 7.30. The monoisotopic (exact) mass is 203 g/mol. The van der Waals surface area contributed by atoms with Crippen LogP contribution in [-0.4, -0.2) is 21.8 Å². The van der Waals surface area contributed by atoms with E-state index in [0.717, 1.165) is 0 Å². The first-order valence-electron chi connectivity index (χ1n) is 2.86. The SMILES string of the molecule is C#CCOc1nc(Cl)nnc1Cl. The van der Waals surface area contributed by atoms with Gasteiger partial charge in [-0.3, -0.25) is 0 Å². The number of ether oxygens (including phenoxy) is 1. The van der Waals surface area contributed by atoms with Crippen LogP contribution in [0.15, 0.2) is 0 Å². The lowest BCUT2D eigenvalue weighted by molar-refractivity contribution is 0.352. The van der Waals surface area contributed by atoms with E-state index in [4.69, 9.17) is 34.4 Å². The van der Waals surface area contributed by atoms with E-state index in [9.17, 15) is 0 Å². The molecule has 1 rings (SSSR count). The molecule has 0 aromatic carbocycles. The molecule has 0 fully saturated rings. The van der Waals surface area contributed by atoms with Gasteiger partial charge < -0.3 is 4.74 Å². The second kappa shape index (κ2) is 4.10. The van der Waals surface area contributed by atoms with Crippen LogP contribution in [0.5, 0.6) is 5.88 Å². The number of halogens is 2. The van der Waals surface area contributed by atoms with Crippen molar-refractivity contribution in [3.63, 3.8) is 0 Å². The van der Waals surface area contributed by atoms with Gasteiger partial charge in [0.15, 0.2) is 6.61 Å². The zero-order valence-electron chi connectivity index (χ0n) is 5.79. The standard InChI is InChI=1S/C6H3Cl2N3O/c1-2-3-12-5-4(7)10-11-6(8)9-5/h1H,3H2. The number of nitrogens with zero attached hydrogens (tertiary/aromatic N) is 3. The van der Waals surface area contributed by atoms with Gasteiger partial charge in [0.25, 0.3) is 5.88 Å². The maximum Gasteiger partial charge on any atom is 0.257 e. The van der Waals surface area contributed by atoms with Gasteiger partial charge in [0.2, 0.25) is 10.4 Å². The fourth-order valence-corrected chi connectivity index (χ4v) is 0.731. The van der Waals surface area contributed by atoms with Gasteiger partial charge in [0, 0.05) is 0 Å². The molecule has 1 aromatic rings. The van der Waals surface area contributed by atoms with Crippen LogP contribution in [0.4, 0.5) is 0 Å². The van der Waals surface area contributed by atoms with Crippen molar-refractivity contribution < 1.29 is 4.74 Å². The Labute approximate surface area is 78.9 Å². The van der Waals surface area contributed by atoms with Crippen LogP contribution >= 0.6 is 23.2 Å². The molecule has 0 aliphatic heterocycles. The number of aromatic nitrogens is 3. The summed E-state index contributed by atoms with van der Waals surface area (Å²) in [5.41, 5.74) is 0. The summed E-state index contributed by atoms with van der Waals surface area (Å²) in [7, 11) is 0. The molecule has 0 bridgehead atoms. The van der Waals surface area contributed by atoms with E-state index in [0.29, 0.717) is 0 Å². The second-order valence-corrected chi connectivity index (χ2v) is 2.37. The summed E-state index contributed by atoms with van der Waals surface area (Å²) in [6.45, 7) is 0.0642. The largest absolute Gasteiger partial charge is 0.462 e. The highest BCUT2D eigenvalue weighted by atomic mass is 35.5. The third-order valence-electron chi connectivity index (χ3n) is 0.883. The van der Waals surface area contributed by atoms with Crippen LogP contribution in [0.2, 0.25) is 10.4 Å². The molecule has 0 saturated heterocycles. The zero-order chi connectivity index (χ0) is 8.97. The molecule has 1 aromatic heterocycles. The molecule has 0 N–H and O–H groups in total. The Balaban J connectivity index is 2.84. The van der Waals surface area contributed by atoms with E-state index < -0.39 is 0 Å². The molecule has 62 valence electrons. The van der Waals surface area contributed by atoms with Crippen molar-refractivity contribution in [3.05, 3.63) is 10.4 Å². The van der Waals surface area contributed by atoms with Crippen LogP contribution in [0.3, 0.4) is 0 Å². The molecule has 0 amide bonds. The number of hydrogen-bond donors (Lipinski definition) is 0. The molecule has 0 radical (unpaired) electrons. The van der Waals surface area contributed by atoms with Crippen molar-refractivity contribution in [2.75, 3.05) is 6.61 Å². The van der Waals surface area contributed by atoms with E-state index in [1.165, 1.54) is 0 Å². The molecule has 1 heterocycles. The summed E-state index contributed by atoms with van der Waals surface area (Å²) in [4.78, 5) is 3.65. The summed E-state index contributed by atoms with van der Waals surface area (Å²) in [5, 5.41) is 6.85. The first kappa shape index (κ1) is 9.04. The highest BCUT2D eigenvalue weighted by Crippen LogP contribution is 2.18. The van der Waals surface area contributed by atoms with E-state index in [1.807, 2.05) is 0 Å². The normalized spacial score (nSPS) is 9.08. The quantitative estimate of drug-likeness (QED) is 0.678. The first-order valence-corrected chi connectivity index (χ1v) is 3.61. The van der Waals surface area contributed by atoms with Crippen molar-refractivity contribution in [1.82, 2.24) is 15.2 Å². The van der Waals surface area contributed by atoms with Gasteiger partial charge in [-0.25, -0.2) is 0 Å². The molecule has 0 aliphatic rings. The summed E-state index contributed by atoms with van der Waals surface area (Å²) >= 11 is 11.0. The van der Waals surface area contributed by atoms with Crippen LogP contribution in [0, 0.1) is 12.3 Å². The summed E-state index contributed by atoms with van der Waals surface area (Å²) in [5.74, 6) is 2.34. The molecule has 4 nitrogen and oxygen atoms in total. The van der Waals surface area contributed by atoms with Crippen molar-refractivity contribution in [1.29, 1.82) is 0 Å². The van der Waals surface area contributed by atoms with Gasteiger partial charge in [-0.1, -0.05) is 17.5 Å². The molecule has 0 aliphatic carbocycles. The predicted octanol–water partition coefficient (Wildman–Crippen LogP) is 1.19. The molecule has 0 unspecified atom stereocenters. The van der Waals surface area contributed by atoms with Crippen LogP contribution in [0.1, 0.15) is 0 Å². The Bertz CT molecular complexity index is 323. The van der Waals surface area contributed by atoms with Gasteiger partial charge >= 0.3 is 0 Å². The maximum atomic E-state index is 5.54. The average molecular weight is 204 g/mol. The van der Waals surface area contributed by atoms with Crippen LogP contribution in [0.25, 0.3) is 0 Å². The highest BCUT2D eigenvalue weighted by molar-refractivity contribution is 6.31. The lowest BCUT2D eigenvalue weighted by Crippen LogP contribution is -1.99. The Kier molecular flexibility index (Phi) is 3.09. The maximum absolute atomic E-state index is 5.54. The third kappa shape index (κ3) is 2.22. The minimum atomic E-state index is -0.0357. The van der Waals surface area contributed by atoms with Crippen molar-refractivity contribution >= 4 is 23.2 Å². The minimum Gasteiger partial charge on any atom is -0.462 e. The van der Waals surface area contributed by atoms with Crippen molar-refractivity contribution in [3.8, 4) is 18.2 Å². The lowest BCUT2D eigenvalue weighted by atomic mass is 10.7. The van der Waals surface area contributed by atoms with Gasteiger partial charge in [-0.05, 0) is 11.6 Å². The third-order valence-corrected chi connectivity index (χ3v) is 1.28. The molecular formula is C6H3Cl2N3O. The van der Waals surface area contributed by atoms with E-state index in [-0.39, 0.29) is 22.9 Å². The van der Waals surface area contributed by atoms with Gasteiger partial charge in [0.1, 0.15) is 0 Å². The fourth-order valence-electron chi connectivity index (χ4n) is 0.482. The predicted molar refractivity (Wildman–Crippen MR) is 44.2 cm³/mol. The Hall–Kier alpha value is -1.05. The summed E-state index contributed by atoms with van der Waals surface area (Å²) in [6.07, 6.45) is 4.95. The van der Waals surface area contributed by atoms with Crippen molar-refractivity contribution in [2.24, 2.45) is 0 Å². The molecular weight excluding hydrogens is 201 g/mol. The Morgan fingerprint density at radius 1 is 1.42 bits per heavy atom. The molecule has 0 atom stereocenters. The Morgan fingerprint density at radius 3 is 2.83 bits per heavy atom. The van der Waals surface area contributed by atoms with Crippen LogP contribution in [-0.2, 0) is 0 Å². The first-order chi connectivity index (χ1) is 5.74. The van der Waals surface area contributed by atoms with E-state index in [1.54, 1.807) is 0 Å². The minimum absolute atomic E-state index is 0.0357. The van der Waals surface area contributed by atoms with Gasteiger partial charge in [-0.2, -0.15) is 4.98 Å². The van der Waals surface area contributed by atoms with E-state index >= 15 is 0 Å². The van der Waals surface area contributed by atoms with Gasteiger partial charge in [-0.15, -0.1) is 16.6 Å². The number of rotatable bonds is 2. The topological polar surface area (TPSA) is 47.9 Å². The Morgan fingerprint density at radius 2 is 2.17 bits per heavy atom. The molecule has 0 saturated carbocycles. The van der Waals surface area contributed by atoms with E-state index in [2.05, 4.69) is 21.1 Å². The second-order valence-electron chi connectivity index (χ2n) is 1.67.